The van der Waals surface area contributed by atoms with Gasteiger partial charge in [0.05, 0.1) is 7.11 Å². The molecule has 0 radical (unpaired) electrons. The molecule has 0 unspecified atom stereocenters. The summed E-state index contributed by atoms with van der Waals surface area (Å²) in [6.07, 6.45) is 0.421. The molecule has 140 valence electrons. The number of aliphatic carboxylic acids is 1. The fourth-order valence-corrected chi connectivity index (χ4v) is 2.88. The Morgan fingerprint density at radius 2 is 1.70 bits per heavy atom. The fraction of sp³-hybridized carbons (Fsp3) is 0.227. The molecule has 3 aromatic rings. The van der Waals surface area contributed by atoms with Crippen molar-refractivity contribution in [3.05, 3.63) is 66.2 Å². The van der Waals surface area contributed by atoms with E-state index in [9.17, 15) is 4.79 Å². The molecule has 0 amide bonds. The minimum absolute atomic E-state index is 0.0388. The van der Waals surface area contributed by atoms with Gasteiger partial charge in [0.2, 0.25) is 0 Å². The Kier molecular flexibility index (Phi) is 6.15. The minimum atomic E-state index is -0.844. The number of hydrogen-bond donors (Lipinski definition) is 1. The zero-order valence-corrected chi connectivity index (χ0v) is 15.2. The van der Waals surface area contributed by atoms with Gasteiger partial charge in [0.1, 0.15) is 19.0 Å². The second-order valence-electron chi connectivity index (χ2n) is 6.05. The largest absolute Gasteiger partial charge is 0.493 e. The standard InChI is InChI=1S/C22H22O5/c1-25-20-8-4-7-17(10-12-21(23)24)22(20)27-14-13-26-19-11-9-16-5-2-3-6-18(16)15-19/h2-9,11,15H,10,12-14H2,1H3,(H,23,24). The maximum absolute atomic E-state index is 10.9. The Morgan fingerprint density at radius 1 is 0.926 bits per heavy atom. The summed E-state index contributed by atoms with van der Waals surface area (Å²) in [4.78, 5) is 10.9. The van der Waals surface area contributed by atoms with Gasteiger partial charge in [-0.2, -0.15) is 0 Å². The van der Waals surface area contributed by atoms with Crippen molar-refractivity contribution in [2.24, 2.45) is 0 Å². The number of carboxylic acids is 1. The highest BCUT2D eigenvalue weighted by atomic mass is 16.5. The van der Waals surface area contributed by atoms with Crippen molar-refractivity contribution in [2.45, 2.75) is 12.8 Å². The van der Waals surface area contributed by atoms with Crippen LogP contribution in [0.3, 0.4) is 0 Å². The molecule has 3 rings (SSSR count). The van der Waals surface area contributed by atoms with Crippen LogP contribution >= 0.6 is 0 Å². The average Bonchev–Trinajstić information content (AvgIpc) is 2.69. The van der Waals surface area contributed by atoms with Gasteiger partial charge in [-0.3, -0.25) is 4.79 Å². The van der Waals surface area contributed by atoms with Crippen LogP contribution in [0.15, 0.2) is 60.7 Å². The number of methoxy groups -OCH3 is 1. The third-order valence-corrected chi connectivity index (χ3v) is 4.21. The van der Waals surface area contributed by atoms with E-state index in [-0.39, 0.29) is 6.42 Å². The monoisotopic (exact) mass is 366 g/mol. The molecule has 0 bridgehead atoms. The zero-order valence-electron chi connectivity index (χ0n) is 15.2. The van der Waals surface area contributed by atoms with E-state index in [1.54, 1.807) is 13.2 Å². The first-order valence-corrected chi connectivity index (χ1v) is 8.79. The van der Waals surface area contributed by atoms with E-state index in [0.717, 1.165) is 22.1 Å². The molecular formula is C22H22O5. The maximum Gasteiger partial charge on any atom is 0.303 e. The molecule has 0 fully saturated rings. The molecule has 0 aliphatic carbocycles. The van der Waals surface area contributed by atoms with E-state index in [4.69, 9.17) is 19.3 Å². The second-order valence-corrected chi connectivity index (χ2v) is 6.05. The summed E-state index contributed by atoms with van der Waals surface area (Å²) in [5.41, 5.74) is 0.808. The zero-order chi connectivity index (χ0) is 19.1. The number of rotatable bonds is 9. The van der Waals surface area contributed by atoms with Crippen molar-refractivity contribution in [1.82, 2.24) is 0 Å². The second kappa shape index (κ2) is 8.94. The number of carbonyl (C=O) groups is 1. The molecule has 0 aromatic heterocycles. The first-order chi connectivity index (χ1) is 13.2. The van der Waals surface area contributed by atoms with E-state index in [2.05, 4.69) is 6.07 Å². The number of para-hydroxylation sites is 1. The van der Waals surface area contributed by atoms with Crippen molar-refractivity contribution in [2.75, 3.05) is 20.3 Å². The van der Waals surface area contributed by atoms with Gasteiger partial charge < -0.3 is 19.3 Å². The van der Waals surface area contributed by atoms with Gasteiger partial charge in [0.15, 0.2) is 11.5 Å². The third kappa shape index (κ3) is 4.91. The summed E-state index contributed by atoms with van der Waals surface area (Å²) in [5.74, 6) is 1.10. The van der Waals surface area contributed by atoms with Crippen LogP contribution in [0.4, 0.5) is 0 Å². The highest BCUT2D eigenvalue weighted by molar-refractivity contribution is 5.83. The maximum atomic E-state index is 10.9. The van der Waals surface area contributed by atoms with Crippen LogP contribution in [0, 0.1) is 0 Å². The van der Waals surface area contributed by atoms with Crippen molar-refractivity contribution < 1.29 is 24.1 Å². The van der Waals surface area contributed by atoms with Gasteiger partial charge in [0, 0.05) is 6.42 Å². The van der Waals surface area contributed by atoms with Crippen LogP contribution in [0.5, 0.6) is 17.2 Å². The SMILES string of the molecule is COc1cccc(CCC(=O)O)c1OCCOc1ccc2ccccc2c1. The van der Waals surface area contributed by atoms with Crippen LogP contribution in [0.1, 0.15) is 12.0 Å². The summed E-state index contributed by atoms with van der Waals surface area (Å²) in [6.45, 7) is 0.696. The van der Waals surface area contributed by atoms with Crippen LogP contribution < -0.4 is 14.2 Å². The summed E-state index contributed by atoms with van der Waals surface area (Å²) in [6, 6.07) is 19.5. The molecule has 0 spiro atoms. The van der Waals surface area contributed by atoms with E-state index in [0.29, 0.717) is 31.1 Å². The van der Waals surface area contributed by atoms with Gasteiger partial charge >= 0.3 is 5.97 Å². The van der Waals surface area contributed by atoms with Crippen LogP contribution in [-0.4, -0.2) is 31.4 Å². The minimum Gasteiger partial charge on any atom is -0.493 e. The van der Waals surface area contributed by atoms with E-state index < -0.39 is 5.97 Å². The molecule has 0 saturated heterocycles. The first-order valence-electron chi connectivity index (χ1n) is 8.79. The van der Waals surface area contributed by atoms with E-state index in [1.807, 2.05) is 48.5 Å². The van der Waals surface area contributed by atoms with E-state index >= 15 is 0 Å². The quantitative estimate of drug-likeness (QED) is 0.571. The molecule has 5 nitrogen and oxygen atoms in total. The van der Waals surface area contributed by atoms with Gasteiger partial charge in [0.25, 0.3) is 0 Å². The Morgan fingerprint density at radius 3 is 2.48 bits per heavy atom. The van der Waals surface area contributed by atoms with Crippen molar-refractivity contribution in [3.63, 3.8) is 0 Å². The lowest BCUT2D eigenvalue weighted by Crippen LogP contribution is -2.11. The Labute approximate surface area is 158 Å². The normalized spacial score (nSPS) is 10.6. The van der Waals surface area contributed by atoms with Gasteiger partial charge in [-0.25, -0.2) is 0 Å². The number of benzene rings is 3. The average molecular weight is 366 g/mol. The van der Waals surface area contributed by atoms with Crippen LogP contribution in [0.2, 0.25) is 0 Å². The predicted molar refractivity (Wildman–Crippen MR) is 104 cm³/mol. The van der Waals surface area contributed by atoms with Crippen molar-refractivity contribution in [1.29, 1.82) is 0 Å². The molecule has 0 aliphatic rings. The summed E-state index contributed by atoms with van der Waals surface area (Å²) >= 11 is 0. The number of carboxylic acid groups (broad SMARTS) is 1. The molecule has 0 saturated carbocycles. The molecule has 5 heteroatoms. The third-order valence-electron chi connectivity index (χ3n) is 4.21. The summed E-state index contributed by atoms with van der Waals surface area (Å²) < 4.78 is 17.0. The first kappa shape index (κ1) is 18.6. The number of ether oxygens (including phenoxy) is 3. The Hall–Kier alpha value is -3.21. The highest BCUT2D eigenvalue weighted by Crippen LogP contribution is 2.32. The van der Waals surface area contributed by atoms with Crippen molar-refractivity contribution >= 4 is 16.7 Å². The van der Waals surface area contributed by atoms with Crippen LogP contribution in [0.25, 0.3) is 10.8 Å². The molecule has 3 aromatic carbocycles. The molecule has 0 aliphatic heterocycles. The Balaban J connectivity index is 1.61. The van der Waals surface area contributed by atoms with E-state index in [1.165, 1.54) is 0 Å². The summed E-state index contributed by atoms with van der Waals surface area (Å²) in [5, 5.41) is 11.2. The molecule has 1 N–H and O–H groups in total. The van der Waals surface area contributed by atoms with Crippen LogP contribution in [-0.2, 0) is 11.2 Å². The summed E-state index contributed by atoms with van der Waals surface area (Å²) in [7, 11) is 1.56. The molecule has 27 heavy (non-hydrogen) atoms. The predicted octanol–water partition coefficient (Wildman–Crippen LogP) is 4.32. The molecule has 0 heterocycles. The molecule has 0 atom stereocenters. The topological polar surface area (TPSA) is 65.0 Å². The fourth-order valence-electron chi connectivity index (χ4n) is 2.88. The highest BCUT2D eigenvalue weighted by Gasteiger charge is 2.12. The smallest absolute Gasteiger partial charge is 0.303 e. The van der Waals surface area contributed by atoms with Crippen molar-refractivity contribution in [3.8, 4) is 17.2 Å². The number of fused-ring (bicyclic) bond motifs is 1. The van der Waals surface area contributed by atoms with Gasteiger partial charge in [-0.05, 0) is 41.0 Å². The molecular weight excluding hydrogens is 344 g/mol. The number of hydrogen-bond acceptors (Lipinski definition) is 4. The Bertz CT molecular complexity index is 919. The van der Waals surface area contributed by atoms with Gasteiger partial charge in [-0.1, -0.05) is 42.5 Å². The lowest BCUT2D eigenvalue weighted by atomic mass is 10.1. The number of aryl methyl sites for hydroxylation is 1. The van der Waals surface area contributed by atoms with Gasteiger partial charge in [-0.15, -0.1) is 0 Å². The lowest BCUT2D eigenvalue weighted by molar-refractivity contribution is -0.136. The lowest BCUT2D eigenvalue weighted by Gasteiger charge is -2.15.